The molecule has 37 heavy (non-hydrogen) atoms. The number of rotatable bonds is 5. The van der Waals surface area contributed by atoms with Gasteiger partial charge in [-0.05, 0) is 68.7 Å². The topological polar surface area (TPSA) is 89.5 Å². The molecule has 1 fully saturated rings. The first-order valence-corrected chi connectivity index (χ1v) is 13.3. The summed E-state index contributed by atoms with van der Waals surface area (Å²) >= 11 is 4.56. The number of nitrogens with one attached hydrogen (secondary N) is 1. The number of thiazole rings is 1. The summed E-state index contributed by atoms with van der Waals surface area (Å²) < 4.78 is 40.6. The Morgan fingerprint density at radius 1 is 1.22 bits per heavy atom. The maximum absolute atomic E-state index is 14.5. The minimum atomic E-state index is -1.21. The first-order valence-electron chi connectivity index (χ1n) is 11.7. The van der Waals surface area contributed by atoms with Crippen molar-refractivity contribution in [2.75, 3.05) is 18.4 Å². The third-order valence-electron chi connectivity index (χ3n) is 5.47. The SMILES string of the molecule is Cc1nc(Oc2ccc(Br)c(F)c2C)c(-c2ccnc(N[C@H]3C[C@H](F)CN(C(=O)OC(C)(C)C)C3)n2)s1. The van der Waals surface area contributed by atoms with Crippen molar-refractivity contribution in [2.24, 2.45) is 0 Å². The normalized spacial score (nSPS) is 18.0. The second-order valence-electron chi connectivity index (χ2n) is 9.78. The number of aromatic nitrogens is 3. The fourth-order valence-electron chi connectivity index (χ4n) is 3.84. The van der Waals surface area contributed by atoms with Crippen molar-refractivity contribution in [3.05, 3.63) is 45.3 Å². The average molecular weight is 596 g/mol. The first-order chi connectivity index (χ1) is 17.4. The monoisotopic (exact) mass is 595 g/mol. The van der Waals surface area contributed by atoms with Crippen LogP contribution in [0.4, 0.5) is 19.5 Å². The highest BCUT2D eigenvalue weighted by molar-refractivity contribution is 9.10. The van der Waals surface area contributed by atoms with E-state index in [0.29, 0.717) is 32.2 Å². The molecule has 1 aliphatic heterocycles. The molecule has 0 aliphatic carbocycles. The fourth-order valence-corrected chi connectivity index (χ4v) is 5.09. The molecule has 1 amide bonds. The number of benzene rings is 1. The van der Waals surface area contributed by atoms with E-state index in [-0.39, 0.29) is 25.5 Å². The molecule has 4 rings (SSSR count). The minimum absolute atomic E-state index is 0.0229. The summed E-state index contributed by atoms with van der Waals surface area (Å²) in [6.07, 6.45) is 0.0173. The molecule has 12 heteroatoms. The molecule has 1 aliphatic rings. The molecule has 2 atom stereocenters. The summed E-state index contributed by atoms with van der Waals surface area (Å²) in [5.74, 6) is 0.523. The molecule has 0 bridgehead atoms. The Kier molecular flexibility index (Phi) is 7.98. The number of amides is 1. The van der Waals surface area contributed by atoms with E-state index < -0.39 is 29.7 Å². The molecule has 0 saturated carbocycles. The highest BCUT2D eigenvalue weighted by atomic mass is 79.9. The zero-order valence-electron chi connectivity index (χ0n) is 21.1. The summed E-state index contributed by atoms with van der Waals surface area (Å²) in [7, 11) is 0. The number of carbonyl (C=O) groups excluding carboxylic acids is 1. The van der Waals surface area contributed by atoms with E-state index in [9.17, 15) is 13.6 Å². The van der Waals surface area contributed by atoms with E-state index in [2.05, 4.69) is 36.2 Å². The number of nitrogens with zero attached hydrogens (tertiary/aromatic N) is 4. The maximum Gasteiger partial charge on any atom is 0.410 e. The second-order valence-corrected chi connectivity index (χ2v) is 11.8. The van der Waals surface area contributed by atoms with Gasteiger partial charge in [0.25, 0.3) is 0 Å². The molecule has 0 spiro atoms. The van der Waals surface area contributed by atoms with Crippen LogP contribution in [-0.2, 0) is 4.74 Å². The number of likely N-dealkylation sites (tertiary alicyclic amines) is 1. The van der Waals surface area contributed by atoms with Crippen molar-refractivity contribution in [3.63, 3.8) is 0 Å². The van der Waals surface area contributed by atoms with Crippen LogP contribution in [0.5, 0.6) is 11.6 Å². The quantitative estimate of drug-likeness (QED) is 0.352. The van der Waals surface area contributed by atoms with Gasteiger partial charge in [0.2, 0.25) is 11.8 Å². The number of piperidine rings is 1. The van der Waals surface area contributed by atoms with Crippen LogP contribution in [0.1, 0.15) is 37.8 Å². The van der Waals surface area contributed by atoms with Gasteiger partial charge in [-0.15, -0.1) is 11.3 Å². The average Bonchev–Trinajstić information content (AvgIpc) is 3.18. The van der Waals surface area contributed by atoms with Crippen LogP contribution < -0.4 is 10.1 Å². The molecule has 3 heterocycles. The van der Waals surface area contributed by atoms with Crippen molar-refractivity contribution in [2.45, 2.75) is 58.9 Å². The number of aryl methyl sites for hydroxylation is 1. The van der Waals surface area contributed by atoms with Gasteiger partial charge in [0.05, 0.1) is 21.7 Å². The van der Waals surface area contributed by atoms with Crippen molar-refractivity contribution < 1.29 is 23.0 Å². The van der Waals surface area contributed by atoms with E-state index in [0.717, 1.165) is 5.01 Å². The molecule has 0 radical (unpaired) electrons. The van der Waals surface area contributed by atoms with E-state index >= 15 is 0 Å². The predicted molar refractivity (Wildman–Crippen MR) is 142 cm³/mol. The summed E-state index contributed by atoms with van der Waals surface area (Å²) in [6, 6.07) is 4.55. The van der Waals surface area contributed by atoms with Gasteiger partial charge in [-0.3, -0.25) is 0 Å². The van der Waals surface area contributed by atoms with Crippen LogP contribution in [0.3, 0.4) is 0 Å². The lowest BCUT2D eigenvalue weighted by atomic mass is 10.0. The Bertz CT molecular complexity index is 1300. The number of anilines is 1. The van der Waals surface area contributed by atoms with Crippen molar-refractivity contribution in [1.29, 1.82) is 0 Å². The standard InChI is InChI=1S/C25H28BrF2N5O3S/c1-13-19(7-6-17(26)20(13)28)35-22-21(37-14(2)30-22)18-8-9-29-23(32-18)31-16-10-15(27)11-33(12-16)24(34)36-25(3,4)5/h6-9,15-16H,10-12H2,1-5H3,(H,29,31,32)/t15-,16-/m0/s1. The molecule has 1 N–H and O–H groups in total. The molecular formula is C25H28BrF2N5O3S. The maximum atomic E-state index is 14.5. The van der Waals surface area contributed by atoms with Gasteiger partial charge in [0.1, 0.15) is 28.2 Å². The first kappa shape index (κ1) is 27.2. The lowest BCUT2D eigenvalue weighted by Crippen LogP contribution is -2.51. The molecule has 0 unspecified atom stereocenters. The van der Waals surface area contributed by atoms with Crippen molar-refractivity contribution in [3.8, 4) is 22.2 Å². The van der Waals surface area contributed by atoms with Gasteiger partial charge in [-0.1, -0.05) is 0 Å². The Hall–Kier alpha value is -2.86. The number of halogens is 3. The summed E-state index contributed by atoms with van der Waals surface area (Å²) in [4.78, 5) is 27.8. The Morgan fingerprint density at radius 3 is 2.70 bits per heavy atom. The minimum Gasteiger partial charge on any atom is -0.444 e. The van der Waals surface area contributed by atoms with Gasteiger partial charge in [0, 0.05) is 30.8 Å². The van der Waals surface area contributed by atoms with Crippen molar-refractivity contribution in [1.82, 2.24) is 19.9 Å². The number of carbonyl (C=O) groups is 1. The van der Waals surface area contributed by atoms with E-state index in [1.54, 1.807) is 52.1 Å². The van der Waals surface area contributed by atoms with Crippen LogP contribution in [0.2, 0.25) is 0 Å². The molecule has 2 aromatic heterocycles. The van der Waals surface area contributed by atoms with Gasteiger partial charge in [-0.25, -0.2) is 28.5 Å². The molecule has 3 aromatic rings. The Morgan fingerprint density at radius 2 is 1.97 bits per heavy atom. The summed E-state index contributed by atoms with van der Waals surface area (Å²) in [6.45, 7) is 9.00. The third-order valence-corrected chi connectivity index (χ3v) is 7.06. The smallest absolute Gasteiger partial charge is 0.410 e. The largest absolute Gasteiger partial charge is 0.444 e. The zero-order valence-corrected chi connectivity index (χ0v) is 23.5. The third kappa shape index (κ3) is 6.72. The predicted octanol–water partition coefficient (Wildman–Crippen LogP) is 6.67. The molecule has 1 saturated heterocycles. The van der Waals surface area contributed by atoms with E-state index in [1.807, 2.05) is 6.92 Å². The molecular weight excluding hydrogens is 568 g/mol. The lowest BCUT2D eigenvalue weighted by molar-refractivity contribution is 0.0124. The molecule has 1 aromatic carbocycles. The molecule has 198 valence electrons. The fraction of sp³-hybridized carbons (Fsp3) is 0.440. The Balaban J connectivity index is 1.53. The zero-order chi connectivity index (χ0) is 26.9. The highest BCUT2D eigenvalue weighted by Crippen LogP contribution is 2.39. The number of hydrogen-bond acceptors (Lipinski definition) is 8. The Labute approximate surface area is 226 Å². The van der Waals surface area contributed by atoms with E-state index in [4.69, 9.17) is 9.47 Å². The van der Waals surface area contributed by atoms with Gasteiger partial charge in [0.15, 0.2) is 0 Å². The summed E-state index contributed by atoms with van der Waals surface area (Å²) in [5, 5.41) is 3.89. The highest BCUT2D eigenvalue weighted by Gasteiger charge is 2.33. The van der Waals surface area contributed by atoms with Gasteiger partial charge >= 0.3 is 6.09 Å². The summed E-state index contributed by atoms with van der Waals surface area (Å²) in [5.41, 5.74) is 0.224. The second kappa shape index (κ2) is 10.9. The van der Waals surface area contributed by atoms with Crippen molar-refractivity contribution >= 4 is 39.3 Å². The van der Waals surface area contributed by atoms with Gasteiger partial charge in [-0.2, -0.15) is 0 Å². The van der Waals surface area contributed by atoms with Crippen LogP contribution in [0.15, 0.2) is 28.9 Å². The lowest BCUT2D eigenvalue weighted by Gasteiger charge is -2.36. The van der Waals surface area contributed by atoms with Crippen LogP contribution in [-0.4, -0.2) is 56.8 Å². The number of ether oxygens (including phenoxy) is 2. The molecule has 8 nitrogen and oxygen atoms in total. The number of hydrogen-bond donors (Lipinski definition) is 1. The van der Waals surface area contributed by atoms with Crippen LogP contribution >= 0.6 is 27.3 Å². The van der Waals surface area contributed by atoms with Crippen LogP contribution in [0.25, 0.3) is 10.6 Å². The number of alkyl halides is 1. The van der Waals surface area contributed by atoms with Crippen LogP contribution in [0, 0.1) is 19.7 Å². The van der Waals surface area contributed by atoms with Gasteiger partial charge < -0.3 is 19.7 Å². The van der Waals surface area contributed by atoms with E-state index in [1.165, 1.54) is 16.2 Å².